The van der Waals surface area contributed by atoms with Gasteiger partial charge in [-0.25, -0.2) is 4.98 Å². The number of pyridine rings is 2. The summed E-state index contributed by atoms with van der Waals surface area (Å²) in [5.41, 5.74) is 0.881. The summed E-state index contributed by atoms with van der Waals surface area (Å²) in [5.74, 6) is 0.700. The number of aromatic nitrogens is 2. The van der Waals surface area contributed by atoms with Crippen molar-refractivity contribution in [1.29, 1.82) is 0 Å². The maximum absolute atomic E-state index is 11.5. The smallest absolute Gasteiger partial charge is 0.220 e. The van der Waals surface area contributed by atoms with E-state index in [1.165, 1.54) is 0 Å². The van der Waals surface area contributed by atoms with E-state index in [9.17, 15) is 9.90 Å². The van der Waals surface area contributed by atoms with Crippen LogP contribution in [-0.4, -0.2) is 47.2 Å². The Labute approximate surface area is 122 Å². The molecule has 0 aliphatic carbocycles. The Bertz CT molecular complexity index is 656. The van der Waals surface area contributed by atoms with Crippen molar-refractivity contribution in [3.63, 3.8) is 0 Å². The number of nitrogens with one attached hydrogen (secondary N) is 1. The molecule has 1 amide bonds. The molecule has 0 saturated carbocycles. The average Bonchev–Trinajstić information content (AvgIpc) is 2.87. The fourth-order valence-corrected chi connectivity index (χ4v) is 2.81. The third-order valence-corrected chi connectivity index (χ3v) is 3.94. The molecule has 1 aliphatic heterocycles. The van der Waals surface area contributed by atoms with Gasteiger partial charge in [0.05, 0.1) is 11.6 Å². The van der Waals surface area contributed by atoms with E-state index in [1.54, 1.807) is 19.4 Å². The highest BCUT2D eigenvalue weighted by atomic mass is 16.3. The van der Waals surface area contributed by atoms with E-state index < -0.39 is 6.10 Å². The SMILES string of the molecule is CNC(=O)C[C@@H]1CN(c2nccc3ncccc23)C[C@H]1O. The number of aliphatic hydroxyl groups is 1. The van der Waals surface area contributed by atoms with Crippen LogP contribution in [0.3, 0.4) is 0 Å². The minimum atomic E-state index is -0.518. The normalized spacial score (nSPS) is 21.7. The van der Waals surface area contributed by atoms with Gasteiger partial charge in [0.2, 0.25) is 5.91 Å². The predicted molar refractivity (Wildman–Crippen MR) is 79.9 cm³/mol. The second-order valence-corrected chi connectivity index (χ2v) is 5.31. The Morgan fingerprint density at radius 3 is 3.05 bits per heavy atom. The van der Waals surface area contributed by atoms with Crippen LogP contribution in [0.5, 0.6) is 0 Å². The zero-order valence-corrected chi connectivity index (χ0v) is 11.9. The number of hydrogen-bond acceptors (Lipinski definition) is 5. The van der Waals surface area contributed by atoms with Crippen molar-refractivity contribution in [1.82, 2.24) is 15.3 Å². The van der Waals surface area contributed by atoms with Gasteiger partial charge < -0.3 is 15.3 Å². The van der Waals surface area contributed by atoms with Gasteiger partial charge in [0.25, 0.3) is 0 Å². The first-order valence-electron chi connectivity index (χ1n) is 7.02. The zero-order chi connectivity index (χ0) is 14.8. The Morgan fingerprint density at radius 1 is 1.38 bits per heavy atom. The van der Waals surface area contributed by atoms with E-state index in [-0.39, 0.29) is 11.8 Å². The van der Waals surface area contributed by atoms with Gasteiger partial charge in [0, 0.05) is 50.3 Å². The Morgan fingerprint density at radius 2 is 2.24 bits per heavy atom. The summed E-state index contributed by atoms with van der Waals surface area (Å²) in [6, 6.07) is 5.72. The highest BCUT2D eigenvalue weighted by Crippen LogP contribution is 2.29. The number of hydrogen-bond donors (Lipinski definition) is 2. The maximum Gasteiger partial charge on any atom is 0.220 e. The molecule has 1 saturated heterocycles. The lowest BCUT2D eigenvalue weighted by atomic mass is 10.0. The number of aliphatic hydroxyl groups excluding tert-OH is 1. The van der Waals surface area contributed by atoms with Gasteiger partial charge in [0.15, 0.2) is 0 Å². The summed E-state index contributed by atoms with van der Waals surface area (Å²) in [6.07, 6.45) is 3.29. The van der Waals surface area contributed by atoms with Gasteiger partial charge in [-0.3, -0.25) is 9.78 Å². The minimum absolute atomic E-state index is 0.0477. The number of amides is 1. The molecule has 2 atom stereocenters. The summed E-state index contributed by atoms with van der Waals surface area (Å²) >= 11 is 0. The predicted octanol–water partition coefficient (Wildman–Crippen LogP) is 0.563. The highest BCUT2D eigenvalue weighted by molar-refractivity contribution is 5.89. The molecule has 3 rings (SSSR count). The van der Waals surface area contributed by atoms with Gasteiger partial charge >= 0.3 is 0 Å². The molecule has 3 heterocycles. The number of anilines is 1. The first-order chi connectivity index (χ1) is 10.2. The lowest BCUT2D eigenvalue weighted by Gasteiger charge is -2.18. The van der Waals surface area contributed by atoms with E-state index in [0.717, 1.165) is 16.7 Å². The molecule has 110 valence electrons. The van der Waals surface area contributed by atoms with Crippen molar-refractivity contribution in [2.24, 2.45) is 5.92 Å². The maximum atomic E-state index is 11.5. The molecule has 0 bridgehead atoms. The van der Waals surface area contributed by atoms with Crippen LogP contribution in [0.15, 0.2) is 30.6 Å². The summed E-state index contributed by atoms with van der Waals surface area (Å²) in [7, 11) is 1.61. The van der Waals surface area contributed by atoms with E-state index >= 15 is 0 Å². The third-order valence-electron chi connectivity index (χ3n) is 3.94. The molecule has 2 aromatic rings. The van der Waals surface area contributed by atoms with Gasteiger partial charge in [-0.1, -0.05) is 0 Å². The molecule has 0 aromatic carbocycles. The second-order valence-electron chi connectivity index (χ2n) is 5.31. The van der Waals surface area contributed by atoms with Crippen LogP contribution >= 0.6 is 0 Å². The summed E-state index contributed by atoms with van der Waals surface area (Å²) < 4.78 is 0. The lowest BCUT2D eigenvalue weighted by Crippen LogP contribution is -2.27. The molecule has 1 fully saturated rings. The molecule has 6 heteroatoms. The molecule has 6 nitrogen and oxygen atoms in total. The Hall–Kier alpha value is -2.21. The molecular formula is C15H18N4O2. The number of rotatable bonds is 3. The molecular weight excluding hydrogens is 268 g/mol. The molecule has 1 aliphatic rings. The standard InChI is InChI=1S/C15H18N4O2/c1-16-14(21)7-10-8-19(9-13(10)20)15-11-3-2-5-17-12(11)4-6-18-15/h2-6,10,13,20H,7-9H2,1H3,(H,16,21)/t10-,13-/m1/s1. The fraction of sp³-hybridized carbons (Fsp3) is 0.400. The van der Waals surface area contributed by atoms with E-state index in [2.05, 4.69) is 15.3 Å². The third kappa shape index (κ3) is 2.67. The van der Waals surface area contributed by atoms with E-state index in [4.69, 9.17) is 0 Å². The molecule has 0 radical (unpaired) electrons. The Kier molecular flexibility index (Phi) is 3.70. The summed E-state index contributed by atoms with van der Waals surface area (Å²) in [4.78, 5) is 22.3. The first-order valence-corrected chi connectivity index (χ1v) is 7.02. The van der Waals surface area contributed by atoms with Crippen LogP contribution in [0.4, 0.5) is 5.82 Å². The molecule has 0 unspecified atom stereocenters. The van der Waals surface area contributed by atoms with Crippen molar-refractivity contribution >= 4 is 22.6 Å². The van der Waals surface area contributed by atoms with Crippen LogP contribution < -0.4 is 10.2 Å². The minimum Gasteiger partial charge on any atom is -0.391 e. The topological polar surface area (TPSA) is 78.4 Å². The van der Waals surface area contributed by atoms with Crippen LogP contribution in [0, 0.1) is 5.92 Å². The van der Waals surface area contributed by atoms with Crippen molar-refractivity contribution in [3.05, 3.63) is 30.6 Å². The number of carbonyl (C=O) groups is 1. The largest absolute Gasteiger partial charge is 0.391 e. The van der Waals surface area contributed by atoms with Crippen molar-refractivity contribution in [2.45, 2.75) is 12.5 Å². The van der Waals surface area contributed by atoms with Gasteiger partial charge in [-0.15, -0.1) is 0 Å². The monoisotopic (exact) mass is 286 g/mol. The highest BCUT2D eigenvalue weighted by Gasteiger charge is 2.33. The van der Waals surface area contributed by atoms with Crippen LogP contribution in [0.1, 0.15) is 6.42 Å². The Balaban J connectivity index is 1.86. The van der Waals surface area contributed by atoms with Crippen molar-refractivity contribution in [3.8, 4) is 0 Å². The van der Waals surface area contributed by atoms with Crippen molar-refractivity contribution in [2.75, 3.05) is 25.0 Å². The number of nitrogens with zero attached hydrogens (tertiary/aromatic N) is 3. The van der Waals surface area contributed by atoms with Gasteiger partial charge in [-0.05, 0) is 18.2 Å². The number of carbonyl (C=O) groups excluding carboxylic acids is 1. The molecule has 21 heavy (non-hydrogen) atoms. The van der Waals surface area contributed by atoms with Gasteiger partial charge in [0.1, 0.15) is 5.82 Å². The average molecular weight is 286 g/mol. The van der Waals surface area contributed by atoms with Crippen LogP contribution in [-0.2, 0) is 4.79 Å². The van der Waals surface area contributed by atoms with Crippen LogP contribution in [0.2, 0.25) is 0 Å². The fourth-order valence-electron chi connectivity index (χ4n) is 2.81. The van der Waals surface area contributed by atoms with Gasteiger partial charge in [-0.2, -0.15) is 0 Å². The van der Waals surface area contributed by atoms with E-state index in [0.29, 0.717) is 19.5 Å². The summed E-state index contributed by atoms with van der Waals surface area (Å²) in [5, 5.41) is 13.7. The van der Waals surface area contributed by atoms with E-state index in [1.807, 2.05) is 23.1 Å². The van der Waals surface area contributed by atoms with Crippen LogP contribution in [0.25, 0.3) is 10.9 Å². The summed E-state index contributed by atoms with van der Waals surface area (Å²) in [6.45, 7) is 1.11. The molecule has 0 spiro atoms. The zero-order valence-electron chi connectivity index (χ0n) is 11.9. The number of fused-ring (bicyclic) bond motifs is 1. The second kappa shape index (κ2) is 5.65. The van der Waals surface area contributed by atoms with Crippen molar-refractivity contribution < 1.29 is 9.90 Å². The molecule has 2 N–H and O–H groups in total. The number of β-amino-alcohol motifs (C(OH)–C–C–N with tert-alkyl or cyclic N) is 1. The first kappa shape index (κ1) is 13.8. The lowest BCUT2D eigenvalue weighted by molar-refractivity contribution is -0.122. The molecule has 2 aromatic heterocycles. The quantitative estimate of drug-likeness (QED) is 0.862.